The zero-order valence-electron chi connectivity index (χ0n) is 18.0. The number of amides is 1. The molecule has 1 aromatic heterocycles. The fraction of sp³-hybridized carbons (Fsp3) is 0.391. The summed E-state index contributed by atoms with van der Waals surface area (Å²) in [5, 5.41) is 25.8. The number of carbonyl (C=O) groups is 1. The Hall–Kier alpha value is -2.77. The number of nitrogens with zero attached hydrogens (tertiary/aromatic N) is 4. The van der Waals surface area contributed by atoms with Gasteiger partial charge in [0.05, 0.1) is 24.6 Å². The molecular weight excluding hydrogens is 414 g/mol. The fourth-order valence-corrected chi connectivity index (χ4v) is 3.56. The Labute approximate surface area is 187 Å². The largest absolute Gasteiger partial charge is 0.394 e. The van der Waals surface area contributed by atoms with Gasteiger partial charge in [-0.1, -0.05) is 67.4 Å². The molecule has 7 nitrogen and oxygen atoms in total. The first-order valence-electron chi connectivity index (χ1n) is 10.4. The van der Waals surface area contributed by atoms with Crippen molar-refractivity contribution >= 4 is 17.5 Å². The van der Waals surface area contributed by atoms with Crippen molar-refractivity contribution in [1.29, 1.82) is 0 Å². The average molecular weight is 442 g/mol. The lowest BCUT2D eigenvalue weighted by Gasteiger charge is -2.26. The van der Waals surface area contributed by atoms with Crippen molar-refractivity contribution in [3.63, 3.8) is 0 Å². The standard InChI is InChI=1S/C23H28ClN5O2/c1-4-7-16-10-12-17(13-11-16)21-26-28-29(27-21)15-23(2,3)22(31)25-20(14-30)18-8-5-6-9-19(18)24/h5-6,8-13,20,30H,4,7,14-15H2,1-3H3,(H,25,31). The van der Waals surface area contributed by atoms with Gasteiger partial charge in [0.1, 0.15) is 0 Å². The van der Waals surface area contributed by atoms with Crippen molar-refractivity contribution < 1.29 is 9.90 Å². The number of tetrazole rings is 1. The number of aryl methyl sites for hydroxylation is 1. The molecule has 0 radical (unpaired) electrons. The van der Waals surface area contributed by atoms with Gasteiger partial charge in [0.2, 0.25) is 11.7 Å². The maximum Gasteiger partial charge on any atom is 0.228 e. The Bertz CT molecular complexity index is 1020. The number of aromatic nitrogens is 4. The monoisotopic (exact) mass is 441 g/mol. The van der Waals surface area contributed by atoms with Crippen molar-refractivity contribution in [2.24, 2.45) is 5.41 Å². The molecule has 2 N–H and O–H groups in total. The molecule has 0 aliphatic rings. The molecule has 0 aliphatic heterocycles. The van der Waals surface area contributed by atoms with E-state index in [1.165, 1.54) is 10.4 Å². The minimum Gasteiger partial charge on any atom is -0.394 e. The van der Waals surface area contributed by atoms with Gasteiger partial charge >= 0.3 is 0 Å². The molecule has 2 aromatic carbocycles. The normalized spacial score (nSPS) is 12.5. The minimum atomic E-state index is -0.836. The summed E-state index contributed by atoms with van der Waals surface area (Å²) in [6, 6.07) is 14.6. The van der Waals surface area contributed by atoms with Crippen molar-refractivity contribution in [2.45, 2.75) is 46.2 Å². The van der Waals surface area contributed by atoms with E-state index in [0.717, 1.165) is 18.4 Å². The minimum absolute atomic E-state index is 0.237. The van der Waals surface area contributed by atoms with Gasteiger partial charge in [-0.2, -0.15) is 4.80 Å². The molecule has 31 heavy (non-hydrogen) atoms. The Balaban J connectivity index is 1.68. The Kier molecular flexibility index (Phi) is 7.41. The number of aliphatic hydroxyl groups excluding tert-OH is 1. The van der Waals surface area contributed by atoms with Gasteiger partial charge in [0.25, 0.3) is 0 Å². The van der Waals surface area contributed by atoms with Crippen LogP contribution in [0, 0.1) is 5.41 Å². The molecule has 0 bridgehead atoms. The van der Waals surface area contributed by atoms with E-state index < -0.39 is 11.5 Å². The van der Waals surface area contributed by atoms with Crippen LogP contribution in [0.25, 0.3) is 11.4 Å². The van der Waals surface area contributed by atoms with Crippen LogP contribution in [0.3, 0.4) is 0 Å². The molecule has 1 unspecified atom stereocenters. The highest BCUT2D eigenvalue weighted by atomic mass is 35.5. The molecule has 1 atom stereocenters. The number of nitrogens with one attached hydrogen (secondary N) is 1. The smallest absolute Gasteiger partial charge is 0.228 e. The quantitative estimate of drug-likeness (QED) is 0.526. The van der Waals surface area contributed by atoms with Gasteiger partial charge in [-0.05, 0) is 42.7 Å². The molecule has 3 rings (SSSR count). The molecule has 1 amide bonds. The molecule has 3 aromatic rings. The highest BCUT2D eigenvalue weighted by Crippen LogP contribution is 2.25. The summed E-state index contributed by atoms with van der Waals surface area (Å²) in [7, 11) is 0. The summed E-state index contributed by atoms with van der Waals surface area (Å²) in [6.07, 6.45) is 2.13. The summed E-state index contributed by atoms with van der Waals surface area (Å²) in [5.74, 6) is 0.276. The van der Waals surface area contributed by atoms with Gasteiger partial charge in [0, 0.05) is 10.6 Å². The van der Waals surface area contributed by atoms with E-state index in [9.17, 15) is 9.90 Å². The zero-order chi connectivity index (χ0) is 22.4. The fourth-order valence-electron chi connectivity index (χ4n) is 3.29. The summed E-state index contributed by atoms with van der Waals surface area (Å²) in [6.45, 7) is 5.72. The van der Waals surface area contributed by atoms with Crippen LogP contribution in [0.15, 0.2) is 48.5 Å². The SMILES string of the molecule is CCCc1ccc(-c2nnn(CC(C)(C)C(=O)NC(CO)c3ccccc3Cl)n2)cc1. The number of benzene rings is 2. The Morgan fingerprint density at radius 1 is 1.19 bits per heavy atom. The highest BCUT2D eigenvalue weighted by Gasteiger charge is 2.31. The lowest BCUT2D eigenvalue weighted by molar-refractivity contribution is -0.131. The summed E-state index contributed by atoms with van der Waals surface area (Å²) in [5.41, 5.74) is 1.99. The summed E-state index contributed by atoms with van der Waals surface area (Å²) < 4.78 is 0. The first-order chi connectivity index (χ1) is 14.8. The van der Waals surface area contributed by atoms with Crippen LogP contribution in [0.2, 0.25) is 5.02 Å². The Morgan fingerprint density at radius 3 is 2.55 bits per heavy atom. The van der Waals surface area contributed by atoms with E-state index in [2.05, 4.69) is 39.8 Å². The topological polar surface area (TPSA) is 92.9 Å². The first-order valence-corrected chi connectivity index (χ1v) is 10.7. The van der Waals surface area contributed by atoms with Crippen LogP contribution < -0.4 is 5.32 Å². The molecule has 8 heteroatoms. The zero-order valence-corrected chi connectivity index (χ0v) is 18.8. The van der Waals surface area contributed by atoms with Crippen LogP contribution in [-0.2, 0) is 17.8 Å². The number of aliphatic hydroxyl groups is 1. The van der Waals surface area contributed by atoms with Crippen molar-refractivity contribution in [2.75, 3.05) is 6.61 Å². The third-order valence-electron chi connectivity index (χ3n) is 5.12. The molecule has 0 spiro atoms. The van der Waals surface area contributed by atoms with Crippen LogP contribution >= 0.6 is 11.6 Å². The molecular formula is C23H28ClN5O2. The van der Waals surface area contributed by atoms with E-state index in [0.29, 0.717) is 16.4 Å². The lowest BCUT2D eigenvalue weighted by Crippen LogP contribution is -2.42. The predicted octanol–water partition coefficient (Wildman–Crippen LogP) is 3.82. The van der Waals surface area contributed by atoms with E-state index in [1.807, 2.05) is 18.2 Å². The maximum absolute atomic E-state index is 12.9. The van der Waals surface area contributed by atoms with Gasteiger partial charge < -0.3 is 10.4 Å². The number of hydrogen-bond donors (Lipinski definition) is 2. The average Bonchev–Trinajstić information content (AvgIpc) is 3.21. The number of rotatable bonds is 9. The van der Waals surface area contributed by atoms with E-state index in [-0.39, 0.29) is 19.1 Å². The first kappa shape index (κ1) is 22.9. The Morgan fingerprint density at radius 2 is 1.90 bits per heavy atom. The third-order valence-corrected chi connectivity index (χ3v) is 5.47. The molecule has 164 valence electrons. The highest BCUT2D eigenvalue weighted by molar-refractivity contribution is 6.31. The maximum atomic E-state index is 12.9. The number of carbonyl (C=O) groups excluding carboxylic acids is 1. The second-order valence-corrected chi connectivity index (χ2v) is 8.61. The molecule has 0 fully saturated rings. The third kappa shape index (κ3) is 5.68. The molecule has 0 aliphatic carbocycles. The van der Waals surface area contributed by atoms with E-state index in [1.54, 1.807) is 32.0 Å². The van der Waals surface area contributed by atoms with Crippen molar-refractivity contribution in [3.8, 4) is 11.4 Å². The second-order valence-electron chi connectivity index (χ2n) is 8.20. The van der Waals surface area contributed by atoms with Gasteiger partial charge in [-0.25, -0.2) is 0 Å². The lowest BCUT2D eigenvalue weighted by atomic mass is 9.91. The number of halogens is 1. The van der Waals surface area contributed by atoms with E-state index in [4.69, 9.17) is 11.6 Å². The predicted molar refractivity (Wildman–Crippen MR) is 120 cm³/mol. The van der Waals surface area contributed by atoms with Crippen LogP contribution in [0.1, 0.15) is 44.4 Å². The van der Waals surface area contributed by atoms with Crippen LogP contribution in [-0.4, -0.2) is 37.8 Å². The van der Waals surface area contributed by atoms with Gasteiger partial charge in [-0.15, -0.1) is 10.2 Å². The second kappa shape index (κ2) is 10.0. The summed E-state index contributed by atoms with van der Waals surface area (Å²) in [4.78, 5) is 14.4. The molecule has 0 saturated carbocycles. The van der Waals surface area contributed by atoms with Gasteiger partial charge in [-0.3, -0.25) is 4.79 Å². The summed E-state index contributed by atoms with van der Waals surface area (Å²) >= 11 is 6.22. The number of hydrogen-bond acceptors (Lipinski definition) is 5. The van der Waals surface area contributed by atoms with Crippen LogP contribution in [0.4, 0.5) is 0 Å². The van der Waals surface area contributed by atoms with Crippen LogP contribution in [0.5, 0.6) is 0 Å². The van der Waals surface area contributed by atoms with Gasteiger partial charge in [0.15, 0.2) is 0 Å². The van der Waals surface area contributed by atoms with E-state index >= 15 is 0 Å². The molecule has 1 heterocycles. The van der Waals surface area contributed by atoms with Crippen molar-refractivity contribution in [1.82, 2.24) is 25.5 Å². The van der Waals surface area contributed by atoms with Crippen molar-refractivity contribution in [3.05, 3.63) is 64.7 Å². The molecule has 0 saturated heterocycles.